The molecule has 2 rings (SSSR count). The lowest BCUT2D eigenvalue weighted by molar-refractivity contribution is -0.255. The SMILES string of the molecule is COc1cccc(CC2CCCCC2(OC(C)=O)OC(C)=O)c1. The van der Waals surface area contributed by atoms with E-state index in [1.807, 2.05) is 24.3 Å². The van der Waals surface area contributed by atoms with Crippen LogP contribution in [0.15, 0.2) is 24.3 Å². The molecule has 0 radical (unpaired) electrons. The third-order valence-electron chi connectivity index (χ3n) is 4.20. The van der Waals surface area contributed by atoms with Crippen molar-refractivity contribution in [3.63, 3.8) is 0 Å². The Kier molecular flexibility index (Phi) is 5.64. The summed E-state index contributed by atoms with van der Waals surface area (Å²) in [6, 6.07) is 7.77. The second-order valence-corrected chi connectivity index (χ2v) is 6.00. The molecule has 126 valence electrons. The summed E-state index contributed by atoms with van der Waals surface area (Å²) in [4.78, 5) is 23.1. The predicted molar refractivity (Wildman–Crippen MR) is 84.9 cm³/mol. The maximum absolute atomic E-state index is 11.6. The van der Waals surface area contributed by atoms with Crippen LogP contribution in [0.4, 0.5) is 0 Å². The topological polar surface area (TPSA) is 61.8 Å². The highest BCUT2D eigenvalue weighted by Gasteiger charge is 2.46. The van der Waals surface area contributed by atoms with E-state index in [9.17, 15) is 9.59 Å². The van der Waals surface area contributed by atoms with Gasteiger partial charge in [-0.05, 0) is 37.0 Å². The Hall–Kier alpha value is -2.04. The average molecular weight is 320 g/mol. The molecule has 0 spiro atoms. The van der Waals surface area contributed by atoms with Gasteiger partial charge in [0.05, 0.1) is 7.11 Å². The van der Waals surface area contributed by atoms with E-state index < -0.39 is 17.7 Å². The van der Waals surface area contributed by atoms with E-state index in [1.165, 1.54) is 13.8 Å². The Morgan fingerprint density at radius 1 is 1.17 bits per heavy atom. The molecule has 1 saturated carbocycles. The number of carbonyl (C=O) groups excluding carboxylic acids is 2. The van der Waals surface area contributed by atoms with Crippen LogP contribution in [0.3, 0.4) is 0 Å². The van der Waals surface area contributed by atoms with Gasteiger partial charge in [-0.25, -0.2) is 0 Å². The van der Waals surface area contributed by atoms with Crippen molar-refractivity contribution in [3.05, 3.63) is 29.8 Å². The van der Waals surface area contributed by atoms with Crippen molar-refractivity contribution in [1.29, 1.82) is 0 Å². The van der Waals surface area contributed by atoms with E-state index in [-0.39, 0.29) is 5.92 Å². The minimum absolute atomic E-state index is 0.0591. The molecule has 23 heavy (non-hydrogen) atoms. The molecule has 1 unspecified atom stereocenters. The lowest BCUT2D eigenvalue weighted by atomic mass is 9.79. The summed E-state index contributed by atoms with van der Waals surface area (Å²) in [5.74, 6) is -1.29. The Morgan fingerprint density at radius 2 is 1.87 bits per heavy atom. The first-order chi connectivity index (χ1) is 10.9. The fraction of sp³-hybridized carbons (Fsp3) is 0.556. The first-order valence-corrected chi connectivity index (χ1v) is 7.97. The third-order valence-corrected chi connectivity index (χ3v) is 4.20. The molecule has 1 fully saturated rings. The van der Waals surface area contributed by atoms with Crippen molar-refractivity contribution < 1.29 is 23.8 Å². The molecule has 0 aliphatic heterocycles. The number of ether oxygens (including phenoxy) is 3. The molecule has 1 aliphatic rings. The highest BCUT2D eigenvalue weighted by Crippen LogP contribution is 2.40. The Balaban J connectivity index is 2.26. The van der Waals surface area contributed by atoms with Gasteiger partial charge in [-0.2, -0.15) is 0 Å². The van der Waals surface area contributed by atoms with Gasteiger partial charge in [-0.1, -0.05) is 18.6 Å². The summed E-state index contributed by atoms with van der Waals surface area (Å²) in [5, 5.41) is 0. The first-order valence-electron chi connectivity index (χ1n) is 7.97. The zero-order valence-electron chi connectivity index (χ0n) is 14.0. The fourth-order valence-electron chi connectivity index (χ4n) is 3.30. The molecule has 0 N–H and O–H groups in total. The van der Waals surface area contributed by atoms with Crippen molar-refractivity contribution in [2.45, 2.75) is 51.7 Å². The number of rotatable bonds is 5. The number of methoxy groups -OCH3 is 1. The van der Waals surface area contributed by atoms with Crippen LogP contribution >= 0.6 is 0 Å². The monoisotopic (exact) mass is 320 g/mol. The van der Waals surface area contributed by atoms with Gasteiger partial charge in [0.15, 0.2) is 0 Å². The van der Waals surface area contributed by atoms with Gasteiger partial charge in [-0.3, -0.25) is 9.59 Å². The van der Waals surface area contributed by atoms with Crippen LogP contribution in [0, 0.1) is 5.92 Å². The minimum Gasteiger partial charge on any atom is -0.497 e. The average Bonchev–Trinajstić information content (AvgIpc) is 2.48. The van der Waals surface area contributed by atoms with Crippen molar-refractivity contribution in [1.82, 2.24) is 0 Å². The van der Waals surface area contributed by atoms with Crippen LogP contribution in [-0.2, 0) is 25.5 Å². The zero-order chi connectivity index (χ0) is 16.9. The molecule has 0 aromatic heterocycles. The van der Waals surface area contributed by atoms with Gasteiger partial charge in [0.25, 0.3) is 5.79 Å². The maximum atomic E-state index is 11.6. The van der Waals surface area contributed by atoms with Crippen molar-refractivity contribution in [2.24, 2.45) is 5.92 Å². The Bertz CT molecular complexity index is 550. The van der Waals surface area contributed by atoms with E-state index in [2.05, 4.69) is 0 Å². The summed E-state index contributed by atoms with van der Waals surface area (Å²) in [5.41, 5.74) is 1.07. The molecule has 1 aliphatic carbocycles. The number of benzene rings is 1. The molecule has 5 heteroatoms. The first kappa shape index (κ1) is 17.3. The summed E-state index contributed by atoms with van der Waals surface area (Å²) in [6.07, 6.45) is 3.95. The van der Waals surface area contributed by atoms with Crippen molar-refractivity contribution in [3.8, 4) is 5.75 Å². The van der Waals surface area contributed by atoms with E-state index in [1.54, 1.807) is 7.11 Å². The highest BCUT2D eigenvalue weighted by molar-refractivity contribution is 5.69. The van der Waals surface area contributed by atoms with E-state index >= 15 is 0 Å². The molecule has 1 atom stereocenters. The van der Waals surface area contributed by atoms with Crippen LogP contribution in [0.2, 0.25) is 0 Å². The van der Waals surface area contributed by atoms with Crippen molar-refractivity contribution >= 4 is 11.9 Å². The largest absolute Gasteiger partial charge is 0.497 e. The van der Waals surface area contributed by atoms with E-state index in [0.29, 0.717) is 12.8 Å². The molecule has 1 aromatic carbocycles. The smallest absolute Gasteiger partial charge is 0.305 e. The van der Waals surface area contributed by atoms with Gasteiger partial charge >= 0.3 is 11.9 Å². The lowest BCUT2D eigenvalue weighted by Crippen LogP contribution is -2.48. The quantitative estimate of drug-likeness (QED) is 0.615. The van der Waals surface area contributed by atoms with Gasteiger partial charge in [0, 0.05) is 26.2 Å². The number of carbonyl (C=O) groups is 2. The van der Waals surface area contributed by atoms with Crippen LogP contribution in [0.25, 0.3) is 0 Å². The second-order valence-electron chi connectivity index (χ2n) is 6.00. The molecular formula is C18H24O5. The second kappa shape index (κ2) is 7.49. The van der Waals surface area contributed by atoms with Gasteiger partial charge in [0.1, 0.15) is 5.75 Å². The van der Waals surface area contributed by atoms with Crippen LogP contribution in [0.1, 0.15) is 45.1 Å². The number of hydrogen-bond donors (Lipinski definition) is 0. The molecule has 0 heterocycles. The molecule has 1 aromatic rings. The molecule has 5 nitrogen and oxygen atoms in total. The van der Waals surface area contributed by atoms with Crippen molar-refractivity contribution in [2.75, 3.05) is 7.11 Å². The Labute approximate surface area is 136 Å². The Morgan fingerprint density at radius 3 is 2.48 bits per heavy atom. The van der Waals surface area contributed by atoms with Crippen LogP contribution in [-0.4, -0.2) is 24.8 Å². The van der Waals surface area contributed by atoms with Gasteiger partial charge < -0.3 is 14.2 Å². The van der Waals surface area contributed by atoms with Crippen LogP contribution < -0.4 is 4.74 Å². The molecule has 0 saturated heterocycles. The molecular weight excluding hydrogens is 296 g/mol. The standard InChI is InChI=1S/C18H24O5/c1-13(19)22-18(23-14(2)20)10-5-4-8-16(18)11-15-7-6-9-17(12-15)21-3/h6-7,9,12,16H,4-5,8,10-11H2,1-3H3. The fourth-order valence-corrected chi connectivity index (χ4v) is 3.30. The predicted octanol–water partition coefficient (Wildman–Crippen LogP) is 3.25. The number of hydrogen-bond acceptors (Lipinski definition) is 5. The van der Waals surface area contributed by atoms with E-state index in [4.69, 9.17) is 14.2 Å². The zero-order valence-corrected chi connectivity index (χ0v) is 14.0. The number of esters is 2. The normalized spacial score (nSPS) is 19.7. The molecule has 0 bridgehead atoms. The lowest BCUT2D eigenvalue weighted by Gasteiger charge is -2.41. The van der Waals surface area contributed by atoms with Gasteiger partial charge in [-0.15, -0.1) is 0 Å². The maximum Gasteiger partial charge on any atom is 0.305 e. The summed E-state index contributed by atoms with van der Waals surface area (Å²) < 4.78 is 16.3. The summed E-state index contributed by atoms with van der Waals surface area (Å²) in [6.45, 7) is 2.70. The van der Waals surface area contributed by atoms with Crippen LogP contribution in [0.5, 0.6) is 5.75 Å². The molecule has 0 amide bonds. The van der Waals surface area contributed by atoms with Gasteiger partial charge in [0.2, 0.25) is 0 Å². The summed E-state index contributed by atoms with van der Waals surface area (Å²) >= 11 is 0. The minimum atomic E-state index is -1.15. The van der Waals surface area contributed by atoms with E-state index in [0.717, 1.165) is 30.6 Å². The highest BCUT2D eigenvalue weighted by atomic mass is 16.7. The summed E-state index contributed by atoms with van der Waals surface area (Å²) in [7, 11) is 1.63. The third kappa shape index (κ3) is 4.47.